The van der Waals surface area contributed by atoms with Gasteiger partial charge in [-0.25, -0.2) is 19.0 Å². The predicted molar refractivity (Wildman–Crippen MR) is 130 cm³/mol. The van der Waals surface area contributed by atoms with Crippen LogP contribution >= 0.6 is 11.8 Å². The highest BCUT2D eigenvalue weighted by Crippen LogP contribution is 2.40. The van der Waals surface area contributed by atoms with E-state index in [1.54, 1.807) is 11.0 Å². The number of carboxylic acid groups (broad SMARTS) is 1. The first-order chi connectivity index (χ1) is 17.9. The van der Waals surface area contributed by atoms with Crippen LogP contribution in [-0.2, 0) is 24.2 Å². The standard InChI is InChI=1S/C23H27N7O6S/c31-19(32)9-12-29-22(25-26-27-29)37-15-7-10-28(11-8-15)23(35)36-18-6-5-14(13-24-18)30-20(33)16-3-1-2-4-17(16)21(30)34/h5-6,13,15,33-34H,1-4,7-12H2,(H,31,32). The van der Waals surface area contributed by atoms with E-state index in [2.05, 4.69) is 20.5 Å². The number of likely N-dealkylation sites (tertiary alicyclic amines) is 1. The lowest BCUT2D eigenvalue weighted by molar-refractivity contribution is -0.137. The second kappa shape index (κ2) is 10.7. The number of nitrogens with zero attached hydrogens (tertiary/aromatic N) is 7. The molecule has 196 valence electrons. The summed E-state index contributed by atoms with van der Waals surface area (Å²) >= 11 is 1.48. The predicted octanol–water partition coefficient (Wildman–Crippen LogP) is 2.38. The summed E-state index contributed by atoms with van der Waals surface area (Å²) in [6, 6.07) is 3.17. The normalized spacial score (nSPS) is 15.9. The number of tetrazole rings is 1. The number of aromatic nitrogens is 6. The van der Waals surface area contributed by atoms with Gasteiger partial charge in [-0.3, -0.25) is 4.79 Å². The van der Waals surface area contributed by atoms with Gasteiger partial charge >= 0.3 is 12.1 Å². The zero-order chi connectivity index (χ0) is 25.9. The molecule has 3 N–H and O–H groups in total. The molecular formula is C23H27N7O6S. The monoisotopic (exact) mass is 529 g/mol. The van der Waals surface area contributed by atoms with E-state index in [0.29, 0.717) is 36.8 Å². The van der Waals surface area contributed by atoms with E-state index in [1.165, 1.54) is 33.3 Å². The largest absolute Gasteiger partial charge is 0.494 e. The minimum Gasteiger partial charge on any atom is -0.494 e. The average molecular weight is 530 g/mol. The van der Waals surface area contributed by atoms with Crippen molar-refractivity contribution in [2.75, 3.05) is 13.1 Å². The highest BCUT2D eigenvalue weighted by Gasteiger charge is 2.28. The zero-order valence-corrected chi connectivity index (χ0v) is 20.8. The number of fused-ring (bicyclic) bond motifs is 1. The number of ether oxygens (including phenoxy) is 1. The number of rotatable bonds is 7. The van der Waals surface area contributed by atoms with Gasteiger partial charge in [-0.05, 0) is 55.0 Å². The maximum atomic E-state index is 12.7. The number of carbonyl (C=O) groups excluding carboxylic acids is 1. The lowest BCUT2D eigenvalue weighted by Crippen LogP contribution is -2.41. The van der Waals surface area contributed by atoms with E-state index < -0.39 is 12.1 Å². The fourth-order valence-electron chi connectivity index (χ4n) is 4.66. The summed E-state index contributed by atoms with van der Waals surface area (Å²) < 4.78 is 8.30. The molecule has 3 aromatic rings. The van der Waals surface area contributed by atoms with Gasteiger partial charge in [0.25, 0.3) is 0 Å². The zero-order valence-electron chi connectivity index (χ0n) is 20.0. The first kappa shape index (κ1) is 24.9. The summed E-state index contributed by atoms with van der Waals surface area (Å²) in [7, 11) is 0. The molecular weight excluding hydrogens is 502 g/mol. The molecule has 5 rings (SSSR count). The van der Waals surface area contributed by atoms with Crippen LogP contribution in [0.4, 0.5) is 4.79 Å². The summed E-state index contributed by atoms with van der Waals surface area (Å²) in [4.78, 5) is 29.3. The van der Waals surface area contributed by atoms with Crippen molar-refractivity contribution in [2.45, 2.75) is 61.9 Å². The van der Waals surface area contributed by atoms with Gasteiger partial charge in [0.15, 0.2) is 0 Å². The molecule has 0 saturated carbocycles. The first-order valence-electron chi connectivity index (χ1n) is 12.1. The molecule has 3 aromatic heterocycles. The van der Waals surface area contributed by atoms with Gasteiger partial charge in [-0.1, -0.05) is 11.8 Å². The molecule has 0 radical (unpaired) electrons. The Hall–Kier alpha value is -3.81. The molecule has 0 spiro atoms. The van der Waals surface area contributed by atoms with Crippen LogP contribution in [0.1, 0.15) is 43.2 Å². The molecule has 1 aliphatic heterocycles. The first-order valence-corrected chi connectivity index (χ1v) is 13.0. The van der Waals surface area contributed by atoms with E-state index in [0.717, 1.165) is 36.8 Å². The van der Waals surface area contributed by atoms with Crippen molar-refractivity contribution in [3.63, 3.8) is 0 Å². The van der Waals surface area contributed by atoms with Crippen LogP contribution < -0.4 is 4.74 Å². The van der Waals surface area contributed by atoms with Gasteiger partial charge in [0.2, 0.25) is 22.8 Å². The van der Waals surface area contributed by atoms with Crippen LogP contribution in [0.2, 0.25) is 0 Å². The molecule has 14 heteroatoms. The molecule has 13 nitrogen and oxygen atoms in total. The third-order valence-electron chi connectivity index (χ3n) is 6.61. The maximum absolute atomic E-state index is 12.7. The molecule has 1 saturated heterocycles. The fourth-order valence-corrected chi connectivity index (χ4v) is 5.74. The van der Waals surface area contributed by atoms with E-state index >= 15 is 0 Å². The number of amides is 1. The van der Waals surface area contributed by atoms with Gasteiger partial charge in [0.1, 0.15) is 0 Å². The highest BCUT2D eigenvalue weighted by molar-refractivity contribution is 7.99. The second-order valence-corrected chi connectivity index (χ2v) is 10.3. The average Bonchev–Trinajstić information content (AvgIpc) is 3.45. The van der Waals surface area contributed by atoms with Crippen molar-refractivity contribution in [3.8, 4) is 23.3 Å². The maximum Gasteiger partial charge on any atom is 0.416 e. The molecule has 4 heterocycles. The van der Waals surface area contributed by atoms with Crippen molar-refractivity contribution in [1.82, 2.24) is 34.7 Å². The van der Waals surface area contributed by atoms with Crippen LogP contribution in [0.15, 0.2) is 23.5 Å². The number of piperidine rings is 1. The van der Waals surface area contributed by atoms with Crippen molar-refractivity contribution >= 4 is 23.8 Å². The minimum absolute atomic E-state index is 0.0235. The summed E-state index contributed by atoms with van der Waals surface area (Å²) in [5, 5.41) is 42.3. The lowest BCUT2D eigenvalue weighted by Gasteiger charge is -2.30. The van der Waals surface area contributed by atoms with Crippen LogP contribution in [-0.4, -0.2) is 80.4 Å². The summed E-state index contributed by atoms with van der Waals surface area (Å²) in [5.41, 5.74) is 2.03. The number of thioether (sulfide) groups is 1. The summed E-state index contributed by atoms with van der Waals surface area (Å²) in [6.45, 7) is 1.18. The summed E-state index contributed by atoms with van der Waals surface area (Å²) in [6.07, 6.45) is 5.68. The molecule has 0 bridgehead atoms. The minimum atomic E-state index is -0.915. The molecule has 1 aliphatic carbocycles. The second-order valence-electron chi connectivity index (χ2n) is 9.00. The highest BCUT2D eigenvalue weighted by atomic mass is 32.2. The Morgan fingerprint density at radius 1 is 1.08 bits per heavy atom. The molecule has 2 aliphatic rings. The van der Waals surface area contributed by atoms with Crippen LogP contribution in [0, 0.1) is 0 Å². The van der Waals surface area contributed by atoms with Crippen molar-refractivity contribution < 1.29 is 29.6 Å². The molecule has 0 atom stereocenters. The topological polar surface area (TPSA) is 169 Å². The number of hydrogen-bond acceptors (Lipinski definition) is 10. The number of aliphatic carboxylic acids is 1. The number of carboxylic acids is 1. The van der Waals surface area contributed by atoms with Crippen LogP contribution in [0.5, 0.6) is 17.6 Å². The third kappa shape index (κ3) is 5.33. The Balaban J connectivity index is 1.15. The Morgan fingerprint density at radius 2 is 1.78 bits per heavy atom. The Kier molecular flexibility index (Phi) is 7.17. The van der Waals surface area contributed by atoms with Gasteiger partial charge in [0, 0.05) is 35.5 Å². The Labute approximate surface area is 216 Å². The third-order valence-corrected chi connectivity index (χ3v) is 7.92. The molecule has 37 heavy (non-hydrogen) atoms. The SMILES string of the molecule is O=C(O)CCn1nnnc1SC1CCN(C(=O)Oc2ccc(-n3c(O)c4c(c3O)CCCC4)cn2)CC1. The summed E-state index contributed by atoms with van der Waals surface area (Å²) in [5.74, 6) is -0.744. The Morgan fingerprint density at radius 3 is 2.41 bits per heavy atom. The molecule has 1 fully saturated rings. The number of aromatic hydroxyl groups is 2. The van der Waals surface area contributed by atoms with Gasteiger partial charge in [-0.2, -0.15) is 0 Å². The number of hydrogen-bond donors (Lipinski definition) is 3. The van der Waals surface area contributed by atoms with Gasteiger partial charge in [-0.15, -0.1) is 5.10 Å². The van der Waals surface area contributed by atoms with Crippen molar-refractivity contribution in [3.05, 3.63) is 29.5 Å². The van der Waals surface area contributed by atoms with Gasteiger partial charge < -0.3 is 25.0 Å². The van der Waals surface area contributed by atoms with E-state index in [1.807, 2.05) is 0 Å². The van der Waals surface area contributed by atoms with E-state index in [4.69, 9.17) is 9.84 Å². The van der Waals surface area contributed by atoms with E-state index in [9.17, 15) is 19.8 Å². The van der Waals surface area contributed by atoms with E-state index in [-0.39, 0.29) is 35.9 Å². The fraction of sp³-hybridized carbons (Fsp3) is 0.478. The quantitative estimate of drug-likeness (QED) is 0.411. The molecule has 0 unspecified atom stereocenters. The molecule has 0 aromatic carbocycles. The number of pyridine rings is 1. The smallest absolute Gasteiger partial charge is 0.416 e. The van der Waals surface area contributed by atoms with Crippen LogP contribution in [0.3, 0.4) is 0 Å². The van der Waals surface area contributed by atoms with Gasteiger partial charge in [0.05, 0.1) is 24.8 Å². The number of aryl methyl sites for hydroxylation is 1. The number of carbonyl (C=O) groups is 2. The Bertz CT molecular complexity index is 1250. The molecule has 1 amide bonds. The van der Waals surface area contributed by atoms with Crippen molar-refractivity contribution in [1.29, 1.82) is 0 Å². The van der Waals surface area contributed by atoms with Crippen molar-refractivity contribution in [2.24, 2.45) is 0 Å². The lowest BCUT2D eigenvalue weighted by atomic mass is 9.95. The van der Waals surface area contributed by atoms with Crippen LogP contribution in [0.25, 0.3) is 5.69 Å².